The lowest BCUT2D eigenvalue weighted by molar-refractivity contribution is -0.116. The zero-order valence-corrected chi connectivity index (χ0v) is 21.2. The fourth-order valence-electron chi connectivity index (χ4n) is 4.67. The summed E-state index contributed by atoms with van der Waals surface area (Å²) < 4.78 is 11.8. The Balaban J connectivity index is 1.59. The standard InChI is InChI=1S/C31H33NO3/c1-20-13-14-25(21(2)16-20)28-19-35-31-23(4)30(34-5)26(18-27(28)31)22(3)17-29(33)32-15-9-12-24-10-7-6-8-11-24/h6-8,10-11,13-14,16-19H,9,12,15H2,1-5H3,(H,32,33)/b22-17+. The summed E-state index contributed by atoms with van der Waals surface area (Å²) in [7, 11) is 1.66. The van der Waals surface area contributed by atoms with Crippen LogP contribution in [0.3, 0.4) is 0 Å². The lowest BCUT2D eigenvalue weighted by Crippen LogP contribution is -2.22. The summed E-state index contributed by atoms with van der Waals surface area (Å²) in [5.74, 6) is 0.627. The molecule has 0 aliphatic carbocycles. The number of aryl methyl sites for hydroxylation is 4. The molecule has 0 aliphatic heterocycles. The number of fused-ring (bicyclic) bond motifs is 1. The maximum atomic E-state index is 12.7. The molecule has 4 nitrogen and oxygen atoms in total. The van der Waals surface area contributed by atoms with Crippen molar-refractivity contribution in [1.29, 1.82) is 0 Å². The molecule has 0 unspecified atom stereocenters. The number of rotatable bonds is 8. The lowest BCUT2D eigenvalue weighted by Gasteiger charge is -2.14. The molecule has 1 amide bonds. The van der Waals surface area contributed by atoms with Crippen molar-refractivity contribution in [3.63, 3.8) is 0 Å². The van der Waals surface area contributed by atoms with Crippen LogP contribution in [-0.4, -0.2) is 19.6 Å². The number of hydrogen-bond donors (Lipinski definition) is 1. The third-order valence-electron chi connectivity index (χ3n) is 6.48. The molecule has 0 spiro atoms. The van der Waals surface area contributed by atoms with Gasteiger partial charge in [-0.3, -0.25) is 4.79 Å². The zero-order chi connectivity index (χ0) is 24.9. The van der Waals surface area contributed by atoms with E-state index in [1.54, 1.807) is 13.2 Å². The molecule has 1 heterocycles. The van der Waals surface area contributed by atoms with Crippen molar-refractivity contribution in [2.75, 3.05) is 13.7 Å². The highest BCUT2D eigenvalue weighted by Crippen LogP contribution is 2.41. The molecular formula is C31H33NO3. The highest BCUT2D eigenvalue weighted by atomic mass is 16.5. The molecule has 0 fully saturated rings. The fraction of sp³-hybridized carbons (Fsp3) is 0.258. The summed E-state index contributed by atoms with van der Waals surface area (Å²) in [5, 5.41) is 4.03. The Morgan fingerprint density at radius 3 is 2.51 bits per heavy atom. The molecule has 180 valence electrons. The van der Waals surface area contributed by atoms with Crippen molar-refractivity contribution in [2.45, 2.75) is 40.5 Å². The first-order valence-electron chi connectivity index (χ1n) is 12.1. The van der Waals surface area contributed by atoms with Gasteiger partial charge in [0.2, 0.25) is 5.91 Å². The van der Waals surface area contributed by atoms with E-state index in [2.05, 4.69) is 55.6 Å². The van der Waals surface area contributed by atoms with E-state index in [4.69, 9.17) is 9.15 Å². The number of hydrogen-bond acceptors (Lipinski definition) is 3. The quantitative estimate of drug-likeness (QED) is 0.220. The average molecular weight is 468 g/mol. The number of allylic oxidation sites excluding steroid dienone is 1. The summed E-state index contributed by atoms with van der Waals surface area (Å²) in [6.07, 6.45) is 5.31. The van der Waals surface area contributed by atoms with Crippen molar-refractivity contribution >= 4 is 22.4 Å². The zero-order valence-electron chi connectivity index (χ0n) is 21.2. The first-order chi connectivity index (χ1) is 16.9. The number of amides is 1. The van der Waals surface area contributed by atoms with E-state index in [1.165, 1.54) is 16.7 Å². The molecule has 0 aliphatic rings. The Hall–Kier alpha value is -3.79. The number of carbonyl (C=O) groups excluding carboxylic acids is 1. The summed E-state index contributed by atoms with van der Waals surface area (Å²) in [5.41, 5.74) is 9.36. The second kappa shape index (κ2) is 10.6. The monoisotopic (exact) mass is 467 g/mol. The van der Waals surface area contributed by atoms with Gasteiger partial charge in [0.15, 0.2) is 0 Å². The van der Waals surface area contributed by atoms with Crippen molar-refractivity contribution in [3.8, 4) is 16.9 Å². The minimum Gasteiger partial charge on any atom is -0.496 e. The number of benzene rings is 3. The van der Waals surface area contributed by atoms with Crippen LogP contribution in [-0.2, 0) is 11.2 Å². The van der Waals surface area contributed by atoms with E-state index >= 15 is 0 Å². The summed E-state index contributed by atoms with van der Waals surface area (Å²) in [4.78, 5) is 12.7. The molecule has 0 radical (unpaired) electrons. The summed E-state index contributed by atoms with van der Waals surface area (Å²) in [6.45, 7) is 8.79. The van der Waals surface area contributed by atoms with Crippen LogP contribution in [0, 0.1) is 20.8 Å². The topological polar surface area (TPSA) is 51.5 Å². The fourth-order valence-corrected chi connectivity index (χ4v) is 4.67. The minimum atomic E-state index is -0.0999. The van der Waals surface area contributed by atoms with Gasteiger partial charge in [-0.1, -0.05) is 54.1 Å². The molecule has 0 saturated carbocycles. The van der Waals surface area contributed by atoms with Crippen LogP contribution in [0.5, 0.6) is 5.75 Å². The molecule has 1 N–H and O–H groups in total. The predicted octanol–water partition coefficient (Wildman–Crippen LogP) is 7.19. The van der Waals surface area contributed by atoms with Gasteiger partial charge in [0.25, 0.3) is 0 Å². The molecular weight excluding hydrogens is 434 g/mol. The van der Waals surface area contributed by atoms with Crippen LogP contribution in [0.1, 0.15) is 41.2 Å². The Bertz CT molecular complexity index is 1380. The Kier molecular flexibility index (Phi) is 7.40. The van der Waals surface area contributed by atoms with E-state index in [0.29, 0.717) is 6.54 Å². The van der Waals surface area contributed by atoms with Crippen LogP contribution in [0.2, 0.25) is 0 Å². The molecule has 1 aromatic heterocycles. The number of furan rings is 1. The Labute approximate surface area is 207 Å². The van der Waals surface area contributed by atoms with Crippen molar-refractivity contribution in [1.82, 2.24) is 5.32 Å². The van der Waals surface area contributed by atoms with Gasteiger partial charge in [-0.2, -0.15) is 0 Å². The molecule has 4 rings (SSSR count). The van der Waals surface area contributed by atoms with Gasteiger partial charge in [0, 0.05) is 34.7 Å². The van der Waals surface area contributed by atoms with Gasteiger partial charge in [-0.25, -0.2) is 0 Å². The maximum absolute atomic E-state index is 12.7. The summed E-state index contributed by atoms with van der Waals surface area (Å²) >= 11 is 0. The second-order valence-electron chi connectivity index (χ2n) is 9.13. The highest BCUT2D eigenvalue weighted by Gasteiger charge is 2.19. The van der Waals surface area contributed by atoms with Crippen LogP contribution < -0.4 is 10.1 Å². The SMILES string of the molecule is COc1c(/C(C)=C/C(=O)NCCCc2ccccc2)cc2c(-c3ccc(C)cc3C)coc2c1C. The van der Waals surface area contributed by atoms with E-state index in [1.807, 2.05) is 38.3 Å². The van der Waals surface area contributed by atoms with E-state index < -0.39 is 0 Å². The number of ether oxygens (including phenoxy) is 1. The summed E-state index contributed by atoms with van der Waals surface area (Å²) in [6, 6.07) is 18.8. The molecule has 0 atom stereocenters. The highest BCUT2D eigenvalue weighted by molar-refractivity contribution is 6.02. The predicted molar refractivity (Wildman–Crippen MR) is 144 cm³/mol. The van der Waals surface area contributed by atoms with Crippen LogP contribution in [0.15, 0.2) is 71.4 Å². The third kappa shape index (κ3) is 5.32. The second-order valence-corrected chi connectivity index (χ2v) is 9.13. The van der Waals surface area contributed by atoms with Crippen molar-refractivity contribution < 1.29 is 13.9 Å². The average Bonchev–Trinajstić information content (AvgIpc) is 3.26. The van der Waals surface area contributed by atoms with Gasteiger partial charge in [0.1, 0.15) is 11.3 Å². The van der Waals surface area contributed by atoms with Gasteiger partial charge >= 0.3 is 0 Å². The Morgan fingerprint density at radius 1 is 1.03 bits per heavy atom. The number of nitrogens with one attached hydrogen (secondary N) is 1. The van der Waals surface area contributed by atoms with Gasteiger partial charge in [-0.15, -0.1) is 0 Å². The van der Waals surface area contributed by atoms with Crippen LogP contribution >= 0.6 is 0 Å². The normalized spacial score (nSPS) is 11.6. The maximum Gasteiger partial charge on any atom is 0.244 e. The van der Waals surface area contributed by atoms with E-state index in [0.717, 1.165) is 57.4 Å². The van der Waals surface area contributed by atoms with Gasteiger partial charge < -0.3 is 14.5 Å². The van der Waals surface area contributed by atoms with E-state index in [9.17, 15) is 4.79 Å². The third-order valence-corrected chi connectivity index (χ3v) is 6.48. The number of methoxy groups -OCH3 is 1. The van der Waals surface area contributed by atoms with Crippen molar-refractivity contribution in [3.05, 3.63) is 94.8 Å². The molecule has 0 saturated heterocycles. The first-order valence-corrected chi connectivity index (χ1v) is 12.1. The lowest BCUT2D eigenvalue weighted by atomic mass is 9.94. The van der Waals surface area contributed by atoms with Gasteiger partial charge in [0.05, 0.1) is 13.4 Å². The minimum absolute atomic E-state index is 0.0999. The molecule has 0 bridgehead atoms. The molecule has 3 aromatic carbocycles. The first kappa shape index (κ1) is 24.3. The van der Waals surface area contributed by atoms with Crippen LogP contribution in [0.25, 0.3) is 27.7 Å². The Morgan fingerprint density at radius 2 is 1.80 bits per heavy atom. The molecule has 4 aromatic rings. The smallest absolute Gasteiger partial charge is 0.244 e. The molecule has 4 heteroatoms. The van der Waals surface area contributed by atoms with Crippen LogP contribution in [0.4, 0.5) is 0 Å². The number of carbonyl (C=O) groups is 1. The van der Waals surface area contributed by atoms with Gasteiger partial charge in [-0.05, 0) is 68.9 Å². The largest absolute Gasteiger partial charge is 0.496 e. The van der Waals surface area contributed by atoms with E-state index in [-0.39, 0.29) is 5.91 Å². The molecule has 35 heavy (non-hydrogen) atoms. The van der Waals surface area contributed by atoms with Crippen molar-refractivity contribution in [2.24, 2.45) is 0 Å².